The Morgan fingerprint density at radius 3 is 2.67 bits per heavy atom. The third-order valence-corrected chi connectivity index (χ3v) is 5.12. The number of aryl methyl sites for hydroxylation is 1. The van der Waals surface area contributed by atoms with Crippen molar-refractivity contribution in [2.75, 3.05) is 0 Å². The molecule has 3 heteroatoms. The summed E-state index contributed by atoms with van der Waals surface area (Å²) in [6.45, 7) is 7.20. The molecule has 0 unspecified atom stereocenters. The van der Waals surface area contributed by atoms with Gasteiger partial charge in [-0.1, -0.05) is 32.0 Å². The smallest absolute Gasteiger partial charge is 0.216 e. The van der Waals surface area contributed by atoms with Crippen LogP contribution in [0.15, 0.2) is 46.8 Å². The van der Waals surface area contributed by atoms with Crippen molar-refractivity contribution in [3.05, 3.63) is 64.8 Å². The van der Waals surface area contributed by atoms with Gasteiger partial charge >= 0.3 is 0 Å². The molecular formula is C24H23N2O+. The Labute approximate surface area is 163 Å². The fourth-order valence-corrected chi connectivity index (χ4v) is 3.52. The monoisotopic (exact) mass is 358 g/mol. The van der Waals surface area contributed by atoms with E-state index in [0.29, 0.717) is 33.7 Å². The molecule has 4 rings (SSSR count). The summed E-state index contributed by atoms with van der Waals surface area (Å²) in [5.41, 5.74) is 5.15. The molecule has 0 fully saturated rings. The largest absolute Gasteiger partial charge is 0.455 e. The third kappa shape index (κ3) is 2.61. The number of aromatic nitrogens is 1. The van der Waals surface area contributed by atoms with Gasteiger partial charge in [-0.3, -0.25) is 0 Å². The van der Waals surface area contributed by atoms with Crippen molar-refractivity contribution in [2.45, 2.75) is 33.6 Å². The molecule has 0 amide bonds. The molecule has 27 heavy (non-hydrogen) atoms. The molecule has 0 spiro atoms. The van der Waals surface area contributed by atoms with Crippen LogP contribution in [-0.4, -0.2) is 0 Å². The van der Waals surface area contributed by atoms with Crippen LogP contribution in [0.5, 0.6) is 0 Å². The molecule has 4 aromatic rings. The van der Waals surface area contributed by atoms with E-state index in [1.165, 1.54) is 0 Å². The Balaban J connectivity index is 2.22. The molecule has 134 valence electrons. The van der Waals surface area contributed by atoms with Crippen molar-refractivity contribution in [1.29, 1.82) is 5.26 Å². The van der Waals surface area contributed by atoms with Crippen molar-refractivity contribution < 1.29 is 13.1 Å². The number of nitrogens with zero attached hydrogens (tertiary/aromatic N) is 2. The van der Waals surface area contributed by atoms with Gasteiger partial charge in [-0.25, -0.2) is 0 Å². The molecular weight excluding hydrogens is 332 g/mol. The number of fused-ring (bicyclic) bond motifs is 3. The maximum absolute atomic E-state index is 9.57. The van der Waals surface area contributed by atoms with E-state index in [0.717, 1.165) is 21.9 Å². The Kier molecular flexibility index (Phi) is 3.24. The summed E-state index contributed by atoms with van der Waals surface area (Å²) < 4.78 is 34.1. The van der Waals surface area contributed by atoms with Crippen molar-refractivity contribution in [3.8, 4) is 17.3 Å². The van der Waals surface area contributed by atoms with E-state index in [2.05, 4.69) is 6.07 Å². The van der Waals surface area contributed by atoms with Crippen LogP contribution >= 0.6 is 0 Å². The zero-order valence-electron chi connectivity index (χ0n) is 19.2. The van der Waals surface area contributed by atoms with Gasteiger partial charge in [0.25, 0.3) is 0 Å². The highest BCUT2D eigenvalue weighted by atomic mass is 16.3. The van der Waals surface area contributed by atoms with Crippen LogP contribution < -0.4 is 4.57 Å². The second-order valence-corrected chi connectivity index (χ2v) is 7.14. The Morgan fingerprint density at radius 2 is 1.96 bits per heavy atom. The standard InChI is InChI=1S/C24H23N2O/c1-14(2)18-11-16(4)26(5)20(12-18)22-15(3)9-10-19-23-17(13-25)7-6-8-21(23)27-24(19)22/h6-12,14H,1-5H3/q+1/i11D,12D,14D. The van der Waals surface area contributed by atoms with Gasteiger partial charge in [-0.15, -0.1) is 0 Å². The summed E-state index contributed by atoms with van der Waals surface area (Å²) in [5.74, 6) is -1.09. The first-order valence-electron chi connectivity index (χ1n) is 10.4. The van der Waals surface area contributed by atoms with E-state index in [-0.39, 0.29) is 12.1 Å². The van der Waals surface area contributed by atoms with Crippen molar-refractivity contribution in [3.63, 3.8) is 0 Å². The van der Waals surface area contributed by atoms with Gasteiger partial charge in [0.05, 0.1) is 19.9 Å². The predicted octanol–water partition coefficient (Wildman–Crippen LogP) is 5.69. The molecule has 0 aliphatic heterocycles. The molecule has 0 radical (unpaired) electrons. The zero-order chi connectivity index (χ0) is 22.0. The second kappa shape index (κ2) is 6.25. The van der Waals surface area contributed by atoms with E-state index in [1.807, 2.05) is 43.7 Å². The lowest BCUT2D eigenvalue weighted by Crippen LogP contribution is -2.35. The molecule has 0 bridgehead atoms. The van der Waals surface area contributed by atoms with E-state index < -0.39 is 5.89 Å². The number of rotatable bonds is 2. The molecule has 0 N–H and O–H groups in total. The van der Waals surface area contributed by atoms with Crippen LogP contribution in [0.1, 0.15) is 46.2 Å². The average Bonchev–Trinajstić information content (AvgIpc) is 3.05. The van der Waals surface area contributed by atoms with Crippen LogP contribution in [0, 0.1) is 25.2 Å². The summed E-state index contributed by atoms with van der Waals surface area (Å²) in [7, 11) is 1.84. The number of benzene rings is 2. The van der Waals surface area contributed by atoms with Crippen LogP contribution in [0.4, 0.5) is 0 Å². The Morgan fingerprint density at radius 1 is 1.19 bits per heavy atom. The predicted molar refractivity (Wildman–Crippen MR) is 109 cm³/mol. The van der Waals surface area contributed by atoms with Crippen molar-refractivity contribution in [1.82, 2.24) is 0 Å². The Hall–Kier alpha value is -3.12. The molecule has 0 saturated heterocycles. The first-order chi connectivity index (χ1) is 14.1. The van der Waals surface area contributed by atoms with Crippen LogP contribution in [0.2, 0.25) is 0 Å². The summed E-state index contributed by atoms with van der Waals surface area (Å²) in [4.78, 5) is 0. The van der Waals surface area contributed by atoms with Gasteiger partial charge in [-0.2, -0.15) is 9.83 Å². The molecule has 0 aliphatic carbocycles. The summed E-state index contributed by atoms with van der Waals surface area (Å²) in [6.07, 6.45) is 0. The molecule has 0 saturated carbocycles. The molecule has 2 aromatic heterocycles. The lowest BCUT2D eigenvalue weighted by Gasteiger charge is -2.11. The summed E-state index contributed by atoms with van der Waals surface area (Å²) in [6, 6.07) is 11.9. The highest BCUT2D eigenvalue weighted by Gasteiger charge is 2.23. The van der Waals surface area contributed by atoms with E-state index >= 15 is 0 Å². The fraction of sp³-hybridized carbons (Fsp3) is 0.250. The molecule has 2 heterocycles. The third-order valence-electron chi connectivity index (χ3n) is 5.12. The first-order valence-corrected chi connectivity index (χ1v) is 8.93. The molecule has 3 nitrogen and oxygen atoms in total. The number of hydrogen-bond donors (Lipinski definition) is 0. The minimum absolute atomic E-state index is 0.157. The lowest BCUT2D eigenvalue weighted by molar-refractivity contribution is -0.666. The second-order valence-electron chi connectivity index (χ2n) is 7.14. The minimum atomic E-state index is -1.09. The molecule has 2 aromatic carbocycles. The number of nitriles is 1. The van der Waals surface area contributed by atoms with Crippen molar-refractivity contribution in [2.24, 2.45) is 7.05 Å². The Bertz CT molecular complexity index is 1390. The first kappa shape index (κ1) is 14.0. The minimum Gasteiger partial charge on any atom is -0.455 e. The zero-order valence-corrected chi connectivity index (χ0v) is 16.2. The van der Waals surface area contributed by atoms with Gasteiger partial charge in [0.1, 0.15) is 18.2 Å². The summed E-state index contributed by atoms with van der Waals surface area (Å²) >= 11 is 0. The van der Waals surface area contributed by atoms with Gasteiger partial charge in [0.15, 0.2) is 5.69 Å². The maximum Gasteiger partial charge on any atom is 0.216 e. The van der Waals surface area contributed by atoms with Crippen LogP contribution in [0.25, 0.3) is 33.2 Å². The average molecular weight is 358 g/mol. The van der Waals surface area contributed by atoms with E-state index in [9.17, 15) is 5.26 Å². The quantitative estimate of drug-likeness (QED) is 0.432. The normalized spacial score (nSPS) is 13.4. The molecule has 0 aliphatic rings. The van der Waals surface area contributed by atoms with Gasteiger partial charge in [-0.05, 0) is 36.1 Å². The number of pyridine rings is 1. The van der Waals surface area contributed by atoms with E-state index in [1.54, 1.807) is 26.0 Å². The molecule has 0 atom stereocenters. The van der Waals surface area contributed by atoms with Crippen LogP contribution in [-0.2, 0) is 7.05 Å². The van der Waals surface area contributed by atoms with Gasteiger partial charge < -0.3 is 4.42 Å². The van der Waals surface area contributed by atoms with Crippen molar-refractivity contribution >= 4 is 21.9 Å². The number of furan rings is 1. The highest BCUT2D eigenvalue weighted by molar-refractivity contribution is 6.11. The highest BCUT2D eigenvalue weighted by Crippen LogP contribution is 2.38. The lowest BCUT2D eigenvalue weighted by atomic mass is 9.96. The SMILES string of the molecule is [2H]c1c(C([2H])(C)C)c([2H])c(-c2c(C)ccc3c2oc2cccc(C#N)c23)[n+](C)c1C. The maximum atomic E-state index is 9.57. The fourth-order valence-electron chi connectivity index (χ4n) is 3.52. The van der Waals surface area contributed by atoms with E-state index in [4.69, 9.17) is 8.53 Å². The van der Waals surface area contributed by atoms with Gasteiger partial charge in [0.2, 0.25) is 5.69 Å². The number of hydrogen-bond acceptors (Lipinski definition) is 2. The topological polar surface area (TPSA) is 40.8 Å². The summed E-state index contributed by atoms with van der Waals surface area (Å²) in [5, 5.41) is 11.2. The van der Waals surface area contributed by atoms with Gasteiger partial charge in [0, 0.05) is 31.2 Å². The van der Waals surface area contributed by atoms with Crippen LogP contribution in [0.3, 0.4) is 0 Å².